The van der Waals surface area contributed by atoms with Crippen molar-refractivity contribution >= 4 is 5.91 Å². The van der Waals surface area contributed by atoms with Crippen molar-refractivity contribution < 1.29 is 15.0 Å². The van der Waals surface area contributed by atoms with Crippen LogP contribution in [0.15, 0.2) is 30.3 Å². The number of carbonyl (C=O) groups excluding carboxylic acids is 1. The van der Waals surface area contributed by atoms with Gasteiger partial charge in [0.05, 0.1) is 5.56 Å². The van der Waals surface area contributed by atoms with Crippen LogP contribution in [0.4, 0.5) is 0 Å². The second kappa shape index (κ2) is 8.31. The number of phenolic OH excluding ortho intramolecular Hbond substituents is 2. The van der Waals surface area contributed by atoms with Crippen LogP contribution in [0.1, 0.15) is 65.2 Å². The molecule has 1 saturated heterocycles. The zero-order valence-electron chi connectivity index (χ0n) is 18.2. The Hall–Kier alpha value is -2.53. The molecule has 0 aliphatic carbocycles. The first-order chi connectivity index (χ1) is 14.3. The average molecular weight is 409 g/mol. The van der Waals surface area contributed by atoms with Crippen molar-refractivity contribution in [2.24, 2.45) is 5.92 Å². The molecule has 2 heterocycles. The fourth-order valence-corrected chi connectivity index (χ4v) is 4.72. The van der Waals surface area contributed by atoms with Gasteiger partial charge in [-0.15, -0.1) is 0 Å². The Balaban J connectivity index is 1.48. The first-order valence-electron chi connectivity index (χ1n) is 11.0. The third-order valence-corrected chi connectivity index (χ3v) is 6.64. The molecule has 2 aromatic carbocycles. The lowest BCUT2D eigenvalue weighted by Crippen LogP contribution is -2.30. The predicted octanol–water partition coefficient (Wildman–Crippen LogP) is 4.26. The van der Waals surface area contributed by atoms with Gasteiger partial charge in [-0.05, 0) is 79.6 Å². The molecule has 0 aromatic heterocycles. The summed E-state index contributed by atoms with van der Waals surface area (Å²) in [5.74, 6) is 0.474. The van der Waals surface area contributed by atoms with Gasteiger partial charge in [-0.3, -0.25) is 4.79 Å². The minimum atomic E-state index is -0.192. The Bertz CT molecular complexity index is 946. The van der Waals surface area contributed by atoms with Gasteiger partial charge in [-0.2, -0.15) is 0 Å². The van der Waals surface area contributed by atoms with E-state index in [9.17, 15) is 15.0 Å². The molecular formula is C25H32N2O3. The molecular weight excluding hydrogens is 376 g/mol. The van der Waals surface area contributed by atoms with Gasteiger partial charge in [0.15, 0.2) is 0 Å². The zero-order chi connectivity index (χ0) is 21.4. The van der Waals surface area contributed by atoms with E-state index in [1.54, 1.807) is 11.0 Å². The molecule has 0 spiro atoms. The number of nitrogens with zero attached hydrogens (tertiary/aromatic N) is 2. The maximum Gasteiger partial charge on any atom is 0.258 e. The lowest BCUT2D eigenvalue weighted by molar-refractivity contribution is 0.0748. The minimum Gasteiger partial charge on any atom is -0.508 e. The van der Waals surface area contributed by atoms with Gasteiger partial charge >= 0.3 is 0 Å². The van der Waals surface area contributed by atoms with Gasteiger partial charge in [-0.25, -0.2) is 0 Å². The van der Waals surface area contributed by atoms with E-state index in [1.165, 1.54) is 48.7 Å². The van der Waals surface area contributed by atoms with E-state index in [2.05, 4.69) is 30.1 Å². The largest absolute Gasteiger partial charge is 0.508 e. The van der Waals surface area contributed by atoms with Gasteiger partial charge in [-0.1, -0.05) is 32.0 Å². The highest BCUT2D eigenvalue weighted by molar-refractivity contribution is 5.97. The van der Waals surface area contributed by atoms with Crippen molar-refractivity contribution in [1.82, 2.24) is 9.80 Å². The van der Waals surface area contributed by atoms with Crippen LogP contribution < -0.4 is 0 Å². The Morgan fingerprint density at radius 1 is 1.03 bits per heavy atom. The van der Waals surface area contributed by atoms with E-state index in [4.69, 9.17) is 0 Å². The van der Waals surface area contributed by atoms with Crippen LogP contribution >= 0.6 is 0 Å². The van der Waals surface area contributed by atoms with E-state index < -0.39 is 0 Å². The van der Waals surface area contributed by atoms with Gasteiger partial charge in [0, 0.05) is 19.2 Å². The second-order valence-electron chi connectivity index (χ2n) is 9.30. The molecule has 1 amide bonds. The molecule has 1 fully saturated rings. The number of aromatic hydroxyl groups is 2. The van der Waals surface area contributed by atoms with Crippen molar-refractivity contribution in [3.63, 3.8) is 0 Å². The summed E-state index contributed by atoms with van der Waals surface area (Å²) in [5, 5.41) is 20.3. The van der Waals surface area contributed by atoms with Gasteiger partial charge < -0.3 is 20.0 Å². The molecule has 0 atom stereocenters. The van der Waals surface area contributed by atoms with E-state index in [-0.39, 0.29) is 28.9 Å². The van der Waals surface area contributed by atoms with Crippen molar-refractivity contribution in [2.75, 3.05) is 20.1 Å². The van der Waals surface area contributed by atoms with Crippen LogP contribution in [0, 0.1) is 5.92 Å². The fourth-order valence-electron chi connectivity index (χ4n) is 4.72. The lowest BCUT2D eigenvalue weighted by Gasteiger charge is -2.29. The highest BCUT2D eigenvalue weighted by atomic mass is 16.3. The van der Waals surface area contributed by atoms with Crippen LogP contribution in [0.3, 0.4) is 0 Å². The maximum atomic E-state index is 13.1. The number of fused-ring (bicyclic) bond motifs is 1. The number of benzene rings is 2. The Labute approximate surface area is 178 Å². The highest BCUT2D eigenvalue weighted by Gasteiger charge is 2.28. The first kappa shape index (κ1) is 20.7. The van der Waals surface area contributed by atoms with Crippen molar-refractivity contribution in [1.29, 1.82) is 0 Å². The van der Waals surface area contributed by atoms with Crippen molar-refractivity contribution in [3.8, 4) is 11.5 Å². The molecule has 0 unspecified atom stereocenters. The molecule has 0 radical (unpaired) electrons. The summed E-state index contributed by atoms with van der Waals surface area (Å²) in [7, 11) is 2.19. The third-order valence-electron chi connectivity index (χ3n) is 6.64. The number of piperidine rings is 1. The van der Waals surface area contributed by atoms with Crippen LogP contribution in [-0.2, 0) is 19.5 Å². The number of rotatable bonds is 4. The molecule has 0 bridgehead atoms. The number of carbonyl (C=O) groups is 1. The number of likely N-dealkylation sites (tertiary alicyclic amines) is 1. The van der Waals surface area contributed by atoms with E-state index in [1.807, 2.05) is 13.8 Å². The molecule has 2 aromatic rings. The molecule has 0 saturated carbocycles. The standard InChI is InChI=1S/C25H32N2O3/c1-16(2)21-12-22(24(29)13-23(21)28)25(30)27-14-19-5-4-18(11-20(19)15-27)10-17-6-8-26(3)9-7-17/h4-5,11-13,16-17,28-29H,6-10,14-15H2,1-3H3. The molecule has 4 rings (SSSR count). The topological polar surface area (TPSA) is 64.0 Å². The smallest absolute Gasteiger partial charge is 0.258 e. The van der Waals surface area contributed by atoms with Crippen LogP contribution in [0.5, 0.6) is 11.5 Å². The average Bonchev–Trinajstić information content (AvgIpc) is 3.12. The molecule has 30 heavy (non-hydrogen) atoms. The number of hydrogen-bond acceptors (Lipinski definition) is 4. The third kappa shape index (κ3) is 4.17. The van der Waals surface area contributed by atoms with Crippen LogP contribution in [0.25, 0.3) is 0 Å². The SMILES string of the molecule is CC(C)c1cc(C(=O)N2Cc3ccc(CC4CCN(C)CC4)cc3C2)c(O)cc1O. The van der Waals surface area contributed by atoms with Crippen molar-refractivity contribution in [3.05, 3.63) is 58.1 Å². The van der Waals surface area contributed by atoms with Crippen LogP contribution in [-0.4, -0.2) is 46.1 Å². The Morgan fingerprint density at radius 3 is 2.43 bits per heavy atom. The molecule has 2 N–H and O–H groups in total. The number of phenols is 2. The summed E-state index contributed by atoms with van der Waals surface area (Å²) in [5.41, 5.74) is 4.67. The predicted molar refractivity (Wildman–Crippen MR) is 118 cm³/mol. The summed E-state index contributed by atoms with van der Waals surface area (Å²) in [6, 6.07) is 9.54. The maximum absolute atomic E-state index is 13.1. The summed E-state index contributed by atoms with van der Waals surface area (Å²) in [6.07, 6.45) is 3.60. The quantitative estimate of drug-likeness (QED) is 0.793. The normalized spacial score (nSPS) is 17.5. The molecule has 5 heteroatoms. The summed E-state index contributed by atoms with van der Waals surface area (Å²) < 4.78 is 0. The van der Waals surface area contributed by atoms with Gasteiger partial charge in [0.1, 0.15) is 11.5 Å². The monoisotopic (exact) mass is 408 g/mol. The van der Waals surface area contributed by atoms with Gasteiger partial charge in [0.2, 0.25) is 0 Å². The van der Waals surface area contributed by atoms with Crippen LogP contribution in [0.2, 0.25) is 0 Å². The zero-order valence-corrected chi connectivity index (χ0v) is 18.2. The second-order valence-corrected chi connectivity index (χ2v) is 9.30. The number of amides is 1. The highest BCUT2D eigenvalue weighted by Crippen LogP contribution is 2.34. The van der Waals surface area contributed by atoms with Crippen molar-refractivity contribution in [2.45, 2.75) is 52.1 Å². The van der Waals surface area contributed by atoms with Gasteiger partial charge in [0.25, 0.3) is 5.91 Å². The number of hydrogen-bond donors (Lipinski definition) is 2. The Kier molecular flexibility index (Phi) is 5.74. The molecule has 2 aliphatic heterocycles. The summed E-state index contributed by atoms with van der Waals surface area (Å²) in [4.78, 5) is 17.3. The van der Waals surface area contributed by atoms with E-state index >= 15 is 0 Å². The molecule has 2 aliphatic rings. The van der Waals surface area contributed by atoms with E-state index in [0.29, 0.717) is 18.7 Å². The molecule has 5 nitrogen and oxygen atoms in total. The Morgan fingerprint density at radius 2 is 1.73 bits per heavy atom. The fraction of sp³-hybridized carbons (Fsp3) is 0.480. The molecule has 160 valence electrons. The van der Waals surface area contributed by atoms with E-state index in [0.717, 1.165) is 12.3 Å². The minimum absolute atomic E-state index is 0.0299. The first-order valence-corrected chi connectivity index (χ1v) is 11.0. The summed E-state index contributed by atoms with van der Waals surface area (Å²) >= 11 is 0. The lowest BCUT2D eigenvalue weighted by atomic mass is 9.89. The summed E-state index contributed by atoms with van der Waals surface area (Å²) in [6.45, 7) is 7.38.